The Morgan fingerprint density at radius 3 is 1.72 bits per heavy atom. The molecule has 1 aromatic heterocycles. The number of carbonyl (C=O) groups is 1. The summed E-state index contributed by atoms with van der Waals surface area (Å²) < 4.78 is 171. The molecule has 4 nitrogen and oxygen atoms in total. The lowest BCUT2D eigenvalue weighted by Gasteiger charge is -2.38. The van der Waals surface area contributed by atoms with Crippen LogP contribution in [0.25, 0.3) is 0 Å². The minimum absolute atomic E-state index is 0.318. The zero-order valence-corrected chi connectivity index (χ0v) is 13.0. The van der Waals surface area contributed by atoms with E-state index in [0.717, 1.165) is 12.3 Å². The predicted molar refractivity (Wildman–Crippen MR) is 65.2 cm³/mol. The van der Waals surface area contributed by atoms with Gasteiger partial charge in [-0.05, 0) is 12.1 Å². The summed E-state index contributed by atoms with van der Waals surface area (Å²) in [6.07, 6.45) is -6.22. The first-order chi connectivity index (χ1) is 12.7. The standard InChI is InChI=1S/C12H5F13N2O2/c13-7(14,6(28)27-26-4-5-2-1-3-29-5)8(15,16)9(17,18)10(19,20)11(21,22)12(23,24)25/h1-4H,(H,27,28)/b26-4+. The van der Waals surface area contributed by atoms with Gasteiger partial charge in [0.15, 0.2) is 0 Å². The Balaban J connectivity index is 3.25. The molecular formula is C12H5F13N2O2. The first-order valence-electron chi connectivity index (χ1n) is 6.58. The molecule has 0 saturated heterocycles. The van der Waals surface area contributed by atoms with Gasteiger partial charge in [0.2, 0.25) is 0 Å². The van der Waals surface area contributed by atoms with Crippen molar-refractivity contribution in [3.8, 4) is 0 Å². The molecule has 0 aromatic carbocycles. The van der Waals surface area contributed by atoms with Gasteiger partial charge in [0.05, 0.1) is 12.5 Å². The molecule has 0 aliphatic carbocycles. The van der Waals surface area contributed by atoms with Gasteiger partial charge < -0.3 is 4.42 Å². The number of carbonyl (C=O) groups excluding carboxylic acids is 1. The molecule has 0 fully saturated rings. The third-order valence-electron chi connectivity index (χ3n) is 3.12. The number of nitrogens with zero attached hydrogens (tertiary/aromatic N) is 1. The largest absolute Gasteiger partial charge is 0.463 e. The van der Waals surface area contributed by atoms with Gasteiger partial charge in [0, 0.05) is 0 Å². The van der Waals surface area contributed by atoms with Crippen molar-refractivity contribution < 1.29 is 66.3 Å². The predicted octanol–water partition coefficient (Wildman–Crippen LogP) is 4.47. The molecule has 166 valence electrons. The zero-order chi connectivity index (χ0) is 23.1. The van der Waals surface area contributed by atoms with Gasteiger partial charge in [0.1, 0.15) is 5.76 Å². The lowest BCUT2D eigenvalue weighted by molar-refractivity contribution is -0.436. The molecule has 1 heterocycles. The minimum atomic E-state index is -8.08. The van der Waals surface area contributed by atoms with Crippen LogP contribution in [0.2, 0.25) is 0 Å². The summed E-state index contributed by atoms with van der Waals surface area (Å²) >= 11 is 0. The zero-order valence-electron chi connectivity index (χ0n) is 13.0. The average molecular weight is 456 g/mol. The molecule has 1 amide bonds. The molecule has 1 aromatic rings. The maximum absolute atomic E-state index is 13.4. The van der Waals surface area contributed by atoms with Gasteiger partial charge in [-0.25, -0.2) is 5.43 Å². The van der Waals surface area contributed by atoms with Gasteiger partial charge >= 0.3 is 41.7 Å². The summed E-state index contributed by atoms with van der Waals surface area (Å²) in [5.41, 5.74) is 0.512. The highest BCUT2D eigenvalue weighted by molar-refractivity contribution is 5.86. The van der Waals surface area contributed by atoms with Crippen molar-refractivity contribution in [1.82, 2.24) is 5.43 Å². The van der Waals surface area contributed by atoms with Crippen LogP contribution in [0.4, 0.5) is 57.1 Å². The smallest absolute Gasteiger partial charge is 0.460 e. The van der Waals surface area contributed by atoms with Crippen molar-refractivity contribution in [2.24, 2.45) is 5.10 Å². The van der Waals surface area contributed by atoms with Crippen LogP contribution >= 0.6 is 0 Å². The van der Waals surface area contributed by atoms with E-state index in [1.54, 1.807) is 0 Å². The second kappa shape index (κ2) is 7.08. The van der Waals surface area contributed by atoms with E-state index < -0.39 is 41.7 Å². The molecule has 1 rings (SSSR count). The number of hydrazone groups is 1. The molecule has 1 N–H and O–H groups in total. The number of rotatable bonds is 7. The highest BCUT2D eigenvalue weighted by Gasteiger charge is 2.91. The normalized spacial score (nSPS) is 15.1. The maximum atomic E-state index is 13.4. The highest BCUT2D eigenvalue weighted by Crippen LogP contribution is 2.60. The number of alkyl halides is 13. The third kappa shape index (κ3) is 3.73. The summed E-state index contributed by atoms with van der Waals surface area (Å²) in [6, 6.07) is 2.23. The Morgan fingerprint density at radius 2 is 1.31 bits per heavy atom. The molecule has 0 radical (unpaired) electrons. The molecule has 17 heteroatoms. The topological polar surface area (TPSA) is 54.6 Å². The monoisotopic (exact) mass is 456 g/mol. The van der Waals surface area contributed by atoms with E-state index in [-0.39, 0.29) is 5.76 Å². The van der Waals surface area contributed by atoms with Gasteiger partial charge in [-0.3, -0.25) is 4.79 Å². The van der Waals surface area contributed by atoms with Gasteiger partial charge in [-0.15, -0.1) is 0 Å². The van der Waals surface area contributed by atoms with Crippen LogP contribution in [0, 0.1) is 0 Å². The first kappa shape index (κ1) is 24.5. The molecule has 0 unspecified atom stereocenters. The SMILES string of the molecule is O=C(N/N=C/c1ccco1)C(F)(F)C(F)(F)C(F)(F)C(F)(F)C(F)(F)C(F)(F)F. The van der Waals surface area contributed by atoms with Crippen LogP contribution in [-0.2, 0) is 4.79 Å². The van der Waals surface area contributed by atoms with Crippen molar-refractivity contribution in [2.75, 3.05) is 0 Å². The molecule has 0 bridgehead atoms. The Morgan fingerprint density at radius 1 is 0.828 bits per heavy atom. The molecule has 0 saturated carbocycles. The van der Waals surface area contributed by atoms with Crippen molar-refractivity contribution >= 4 is 12.1 Å². The van der Waals surface area contributed by atoms with Crippen molar-refractivity contribution in [2.45, 2.75) is 35.8 Å². The Labute approximate surface area is 150 Å². The molecule has 0 atom stereocenters. The fourth-order valence-corrected chi connectivity index (χ4v) is 1.50. The number of hydrogen-bond acceptors (Lipinski definition) is 3. The van der Waals surface area contributed by atoms with Crippen LogP contribution < -0.4 is 5.43 Å². The van der Waals surface area contributed by atoms with Gasteiger partial charge in [-0.2, -0.15) is 62.2 Å². The van der Waals surface area contributed by atoms with E-state index in [1.807, 2.05) is 0 Å². The molecule has 0 aliphatic heterocycles. The Kier molecular flexibility index (Phi) is 6.00. The van der Waals surface area contributed by atoms with Crippen LogP contribution in [0.1, 0.15) is 5.76 Å². The first-order valence-corrected chi connectivity index (χ1v) is 6.58. The van der Waals surface area contributed by atoms with Gasteiger partial charge in [-0.1, -0.05) is 0 Å². The van der Waals surface area contributed by atoms with Crippen molar-refractivity contribution in [1.29, 1.82) is 0 Å². The highest BCUT2D eigenvalue weighted by atomic mass is 19.4. The number of halogens is 13. The van der Waals surface area contributed by atoms with Crippen molar-refractivity contribution in [3.05, 3.63) is 24.2 Å². The summed E-state index contributed by atoms with van der Waals surface area (Å²) in [5.74, 6) is -42.5. The van der Waals surface area contributed by atoms with Crippen molar-refractivity contribution in [3.63, 3.8) is 0 Å². The maximum Gasteiger partial charge on any atom is 0.460 e. The Bertz CT molecular complexity index is 752. The lowest BCUT2D eigenvalue weighted by atomic mass is 9.93. The summed E-state index contributed by atoms with van der Waals surface area (Å²) in [6.45, 7) is 0. The second-order valence-corrected chi connectivity index (χ2v) is 5.08. The van der Waals surface area contributed by atoms with E-state index in [0.29, 0.717) is 11.6 Å². The molecule has 29 heavy (non-hydrogen) atoms. The minimum Gasteiger partial charge on any atom is -0.463 e. The van der Waals surface area contributed by atoms with Crippen LogP contribution in [-0.4, -0.2) is 47.9 Å². The van der Waals surface area contributed by atoms with E-state index in [4.69, 9.17) is 0 Å². The number of furan rings is 1. The molecule has 0 aliphatic rings. The van der Waals surface area contributed by atoms with Gasteiger partial charge in [0.25, 0.3) is 0 Å². The number of hydrogen-bond donors (Lipinski definition) is 1. The number of nitrogens with one attached hydrogen (secondary N) is 1. The second-order valence-electron chi connectivity index (χ2n) is 5.08. The quantitative estimate of drug-likeness (QED) is 0.374. The van der Waals surface area contributed by atoms with Crippen LogP contribution in [0.15, 0.2) is 27.9 Å². The number of amides is 1. The summed E-state index contributed by atoms with van der Waals surface area (Å²) in [7, 11) is 0. The fraction of sp³-hybridized carbons (Fsp3) is 0.500. The third-order valence-corrected chi connectivity index (χ3v) is 3.12. The van der Waals surface area contributed by atoms with E-state index in [2.05, 4.69) is 9.52 Å². The lowest BCUT2D eigenvalue weighted by Crippen LogP contribution is -2.71. The van der Waals surface area contributed by atoms with E-state index >= 15 is 0 Å². The molecular weight excluding hydrogens is 451 g/mol. The van der Waals surface area contributed by atoms with E-state index in [9.17, 15) is 61.9 Å². The average Bonchev–Trinajstić information content (AvgIpc) is 3.06. The summed E-state index contributed by atoms with van der Waals surface area (Å²) in [5, 5.41) is 2.53. The van der Waals surface area contributed by atoms with E-state index in [1.165, 1.54) is 6.07 Å². The fourth-order valence-electron chi connectivity index (χ4n) is 1.50. The summed E-state index contributed by atoms with van der Waals surface area (Å²) in [4.78, 5) is 11.0. The van der Waals surface area contributed by atoms with Crippen LogP contribution in [0.3, 0.4) is 0 Å². The molecule has 0 spiro atoms. The Hall–Kier alpha value is -2.49. The van der Waals surface area contributed by atoms with Crippen LogP contribution in [0.5, 0.6) is 0 Å².